The van der Waals surface area contributed by atoms with E-state index in [1.807, 2.05) is 14.1 Å². The molecule has 0 aliphatic carbocycles. The standard InChI is InChI=1S/C11H18N4O2/c1-7-10(16)12-9(13-11(7)17)8-6-14(2)4-5-15(8)3/h8H,4-6H2,1-3H3,(H2,12,13,16,17). The highest BCUT2D eigenvalue weighted by Crippen LogP contribution is 2.21. The van der Waals surface area contributed by atoms with E-state index in [-0.39, 0.29) is 23.0 Å². The van der Waals surface area contributed by atoms with Crippen LogP contribution in [0, 0.1) is 6.92 Å². The summed E-state index contributed by atoms with van der Waals surface area (Å²) in [6.45, 7) is 4.26. The van der Waals surface area contributed by atoms with E-state index in [1.54, 1.807) is 6.92 Å². The number of piperazine rings is 1. The lowest BCUT2D eigenvalue weighted by Gasteiger charge is -2.36. The Morgan fingerprint density at radius 1 is 1.41 bits per heavy atom. The minimum Gasteiger partial charge on any atom is -0.493 e. The fraction of sp³-hybridized carbons (Fsp3) is 0.636. The molecule has 1 aliphatic heterocycles. The summed E-state index contributed by atoms with van der Waals surface area (Å²) in [5.74, 6) is 0.359. The predicted molar refractivity (Wildman–Crippen MR) is 64.1 cm³/mol. The van der Waals surface area contributed by atoms with E-state index in [2.05, 4.69) is 19.8 Å². The summed E-state index contributed by atoms with van der Waals surface area (Å²) in [5.41, 5.74) is -0.00491. The maximum atomic E-state index is 11.6. The van der Waals surface area contributed by atoms with Crippen LogP contribution in [-0.2, 0) is 0 Å². The van der Waals surface area contributed by atoms with E-state index in [9.17, 15) is 9.90 Å². The molecule has 1 aromatic heterocycles. The van der Waals surface area contributed by atoms with Gasteiger partial charge in [-0.05, 0) is 21.0 Å². The Morgan fingerprint density at radius 3 is 2.76 bits per heavy atom. The van der Waals surface area contributed by atoms with Crippen LogP contribution in [0.4, 0.5) is 0 Å². The topological polar surface area (TPSA) is 72.5 Å². The summed E-state index contributed by atoms with van der Waals surface area (Å²) in [7, 11) is 4.03. The van der Waals surface area contributed by atoms with E-state index >= 15 is 0 Å². The van der Waals surface area contributed by atoms with Crippen LogP contribution >= 0.6 is 0 Å². The number of nitrogens with one attached hydrogen (secondary N) is 1. The van der Waals surface area contributed by atoms with Gasteiger partial charge in [0.25, 0.3) is 5.56 Å². The Morgan fingerprint density at radius 2 is 2.12 bits per heavy atom. The number of rotatable bonds is 1. The molecular formula is C11H18N4O2. The Kier molecular flexibility index (Phi) is 3.17. The zero-order valence-corrected chi connectivity index (χ0v) is 10.4. The van der Waals surface area contributed by atoms with E-state index in [1.165, 1.54) is 0 Å². The zero-order chi connectivity index (χ0) is 12.6. The minimum atomic E-state index is -0.269. The number of nitrogens with zero attached hydrogens (tertiary/aromatic N) is 3. The first kappa shape index (κ1) is 12.1. The molecule has 1 aromatic rings. The van der Waals surface area contributed by atoms with Crippen LogP contribution in [0.2, 0.25) is 0 Å². The normalized spacial score (nSPS) is 22.9. The van der Waals surface area contributed by atoms with Crippen LogP contribution in [0.1, 0.15) is 17.4 Å². The van der Waals surface area contributed by atoms with Crippen LogP contribution in [0.3, 0.4) is 0 Å². The van der Waals surface area contributed by atoms with Crippen molar-refractivity contribution in [3.05, 3.63) is 21.7 Å². The SMILES string of the molecule is Cc1c(O)nc(C2CN(C)CCN2C)[nH]c1=O. The third-order valence-electron chi connectivity index (χ3n) is 3.31. The molecule has 1 unspecified atom stereocenters. The van der Waals surface area contributed by atoms with E-state index in [0.717, 1.165) is 19.6 Å². The van der Waals surface area contributed by atoms with Gasteiger partial charge in [-0.15, -0.1) is 0 Å². The largest absolute Gasteiger partial charge is 0.493 e. The molecular weight excluding hydrogens is 220 g/mol. The first-order valence-corrected chi connectivity index (χ1v) is 5.67. The molecule has 2 heterocycles. The fourth-order valence-electron chi connectivity index (χ4n) is 2.00. The maximum Gasteiger partial charge on any atom is 0.257 e. The molecule has 2 rings (SSSR count). The predicted octanol–water partition coefficient (Wildman–Crippen LogP) is -0.298. The molecule has 0 bridgehead atoms. The molecule has 1 atom stereocenters. The van der Waals surface area contributed by atoms with Crippen molar-refractivity contribution in [1.29, 1.82) is 0 Å². The first-order valence-electron chi connectivity index (χ1n) is 5.67. The van der Waals surface area contributed by atoms with Gasteiger partial charge in [-0.2, -0.15) is 4.98 Å². The molecule has 1 saturated heterocycles. The zero-order valence-electron chi connectivity index (χ0n) is 10.4. The summed E-state index contributed by atoms with van der Waals surface area (Å²) in [6, 6.07) is 0.0212. The second-order valence-corrected chi connectivity index (χ2v) is 4.66. The molecule has 0 radical (unpaired) electrons. The van der Waals surface area contributed by atoms with Gasteiger partial charge in [0.15, 0.2) is 0 Å². The molecule has 2 N–H and O–H groups in total. The molecule has 17 heavy (non-hydrogen) atoms. The number of H-pyrrole nitrogens is 1. The van der Waals surface area contributed by atoms with Crippen molar-refractivity contribution >= 4 is 0 Å². The summed E-state index contributed by atoms with van der Waals surface area (Å²) in [5, 5.41) is 9.60. The summed E-state index contributed by atoms with van der Waals surface area (Å²) in [6.07, 6.45) is 0. The summed E-state index contributed by atoms with van der Waals surface area (Å²) < 4.78 is 0. The van der Waals surface area contributed by atoms with Gasteiger partial charge in [0, 0.05) is 19.6 Å². The average Bonchev–Trinajstić information content (AvgIpc) is 2.28. The second-order valence-electron chi connectivity index (χ2n) is 4.66. The molecule has 0 amide bonds. The van der Waals surface area contributed by atoms with Gasteiger partial charge in [0.05, 0.1) is 11.6 Å². The molecule has 6 nitrogen and oxygen atoms in total. The van der Waals surface area contributed by atoms with E-state index in [4.69, 9.17) is 0 Å². The van der Waals surface area contributed by atoms with Gasteiger partial charge >= 0.3 is 0 Å². The summed E-state index contributed by atoms with van der Waals surface area (Å²) >= 11 is 0. The Hall–Kier alpha value is -1.40. The van der Waals surface area contributed by atoms with Crippen LogP contribution in [0.25, 0.3) is 0 Å². The molecule has 0 saturated carbocycles. The number of aromatic amines is 1. The quantitative estimate of drug-likeness (QED) is 0.703. The molecule has 6 heteroatoms. The number of likely N-dealkylation sites (N-methyl/N-ethyl adjacent to an activating group) is 2. The summed E-state index contributed by atoms with van der Waals surface area (Å²) in [4.78, 5) is 22.7. The highest BCUT2D eigenvalue weighted by Gasteiger charge is 2.26. The highest BCUT2D eigenvalue weighted by molar-refractivity contribution is 5.21. The molecule has 94 valence electrons. The van der Waals surface area contributed by atoms with Gasteiger partial charge in [0.1, 0.15) is 5.82 Å². The van der Waals surface area contributed by atoms with Gasteiger partial charge in [0.2, 0.25) is 5.88 Å². The van der Waals surface area contributed by atoms with Crippen LogP contribution in [-0.4, -0.2) is 58.6 Å². The Balaban J connectivity index is 2.36. The van der Waals surface area contributed by atoms with Crippen LogP contribution in [0.15, 0.2) is 4.79 Å². The lowest BCUT2D eigenvalue weighted by atomic mass is 10.1. The van der Waals surface area contributed by atoms with E-state index in [0.29, 0.717) is 5.82 Å². The Bertz CT molecular complexity index is 471. The monoisotopic (exact) mass is 238 g/mol. The number of hydrogen-bond acceptors (Lipinski definition) is 5. The van der Waals surface area contributed by atoms with Crippen molar-refractivity contribution in [3.63, 3.8) is 0 Å². The van der Waals surface area contributed by atoms with E-state index < -0.39 is 0 Å². The third-order valence-corrected chi connectivity index (χ3v) is 3.31. The smallest absolute Gasteiger partial charge is 0.257 e. The second kappa shape index (κ2) is 4.46. The van der Waals surface area contributed by atoms with Gasteiger partial charge in [-0.1, -0.05) is 0 Å². The third kappa shape index (κ3) is 2.32. The molecule has 0 spiro atoms. The number of hydrogen-bond donors (Lipinski definition) is 2. The minimum absolute atomic E-state index is 0.0212. The molecule has 0 aromatic carbocycles. The van der Waals surface area contributed by atoms with Crippen molar-refractivity contribution in [2.24, 2.45) is 0 Å². The molecule has 1 aliphatic rings. The number of aromatic hydroxyl groups is 1. The lowest BCUT2D eigenvalue weighted by molar-refractivity contribution is 0.109. The van der Waals surface area contributed by atoms with Crippen molar-refractivity contribution < 1.29 is 5.11 Å². The van der Waals surface area contributed by atoms with Crippen molar-refractivity contribution in [1.82, 2.24) is 19.8 Å². The first-order chi connectivity index (χ1) is 7.99. The fourth-order valence-corrected chi connectivity index (χ4v) is 2.00. The average molecular weight is 238 g/mol. The highest BCUT2D eigenvalue weighted by atomic mass is 16.3. The van der Waals surface area contributed by atoms with Gasteiger partial charge in [-0.25, -0.2) is 0 Å². The number of aromatic nitrogens is 2. The lowest BCUT2D eigenvalue weighted by Crippen LogP contribution is -2.45. The Labute approximate surface area is 99.9 Å². The van der Waals surface area contributed by atoms with Crippen molar-refractivity contribution in [3.8, 4) is 5.88 Å². The van der Waals surface area contributed by atoms with Gasteiger partial charge < -0.3 is 15.0 Å². The van der Waals surface area contributed by atoms with Crippen molar-refractivity contribution in [2.45, 2.75) is 13.0 Å². The molecule has 1 fully saturated rings. The van der Waals surface area contributed by atoms with Gasteiger partial charge in [-0.3, -0.25) is 9.69 Å². The van der Waals surface area contributed by atoms with Crippen LogP contribution in [0.5, 0.6) is 5.88 Å². The van der Waals surface area contributed by atoms with Crippen molar-refractivity contribution in [2.75, 3.05) is 33.7 Å². The van der Waals surface area contributed by atoms with Crippen LogP contribution < -0.4 is 5.56 Å². The maximum absolute atomic E-state index is 11.6.